The number of nitro benzene ring substituents is 1. The lowest BCUT2D eigenvalue weighted by Gasteiger charge is -2.04. The summed E-state index contributed by atoms with van der Waals surface area (Å²) in [7, 11) is 0. The molecule has 0 spiro atoms. The zero-order valence-electron chi connectivity index (χ0n) is 7.64. The Kier molecular flexibility index (Phi) is 3.41. The summed E-state index contributed by atoms with van der Waals surface area (Å²) in [4.78, 5) is 10.1. The maximum Gasteiger partial charge on any atom is 0.311 e. The number of hydrogen-bond acceptors (Lipinski definition) is 4. The van der Waals surface area contributed by atoms with Crippen LogP contribution in [0.1, 0.15) is 12.5 Å². The Hall–Kier alpha value is -1.62. The van der Waals surface area contributed by atoms with Gasteiger partial charge in [-0.1, -0.05) is 6.07 Å². The van der Waals surface area contributed by atoms with Crippen LogP contribution in [0.15, 0.2) is 18.2 Å². The predicted molar refractivity (Wildman–Crippen MR) is 49.6 cm³/mol. The van der Waals surface area contributed by atoms with E-state index in [1.807, 2.05) is 0 Å². The molecule has 0 aliphatic rings. The maximum atomic E-state index is 10.6. The van der Waals surface area contributed by atoms with E-state index in [0.717, 1.165) is 6.61 Å². The summed E-state index contributed by atoms with van der Waals surface area (Å²) >= 11 is 0. The zero-order chi connectivity index (χ0) is 10.6. The van der Waals surface area contributed by atoms with Gasteiger partial charge in [-0.25, -0.2) is 0 Å². The topological polar surface area (TPSA) is 72.6 Å². The third kappa shape index (κ3) is 2.20. The molecule has 0 unspecified atom stereocenters. The second-order valence-corrected chi connectivity index (χ2v) is 2.55. The fourth-order valence-electron chi connectivity index (χ4n) is 1.03. The molecule has 0 saturated carbocycles. The average molecular weight is 196 g/mol. The number of hydrogen-bond donors (Lipinski definition) is 1. The predicted octanol–water partition coefficient (Wildman–Crippen LogP) is 1.88. The minimum atomic E-state index is -0.544. The molecular weight excluding hydrogens is 186 g/mol. The fourth-order valence-corrected chi connectivity index (χ4v) is 1.03. The lowest BCUT2D eigenvalue weighted by atomic mass is 10.2. The minimum absolute atomic E-state index is 0.144. The van der Waals surface area contributed by atoms with Crippen LogP contribution in [-0.4, -0.2) is 16.6 Å². The van der Waals surface area contributed by atoms with E-state index in [0.29, 0.717) is 12.2 Å². The largest absolute Gasteiger partial charge is 0.487 e. The van der Waals surface area contributed by atoms with E-state index in [2.05, 4.69) is 0 Å². The summed E-state index contributed by atoms with van der Waals surface area (Å²) in [5, 5.41) is 19.3. The molecular formula is C9H10NO4. The van der Waals surface area contributed by atoms with E-state index in [4.69, 9.17) is 9.84 Å². The molecule has 1 N–H and O–H groups in total. The van der Waals surface area contributed by atoms with E-state index >= 15 is 0 Å². The van der Waals surface area contributed by atoms with Crippen LogP contribution < -0.4 is 4.74 Å². The van der Waals surface area contributed by atoms with Crippen LogP contribution in [0.3, 0.4) is 0 Å². The molecule has 5 nitrogen and oxygen atoms in total. The van der Waals surface area contributed by atoms with Crippen molar-refractivity contribution < 1.29 is 14.8 Å². The highest BCUT2D eigenvalue weighted by molar-refractivity contribution is 5.49. The van der Waals surface area contributed by atoms with E-state index in [1.54, 1.807) is 6.92 Å². The van der Waals surface area contributed by atoms with Crippen molar-refractivity contribution in [3.63, 3.8) is 0 Å². The molecule has 0 saturated heterocycles. The first-order valence-electron chi connectivity index (χ1n) is 4.07. The third-order valence-electron chi connectivity index (χ3n) is 1.63. The Morgan fingerprint density at radius 2 is 2.36 bits per heavy atom. The molecule has 0 heterocycles. The summed E-state index contributed by atoms with van der Waals surface area (Å²) < 4.78 is 5.06. The summed E-state index contributed by atoms with van der Waals surface area (Å²) in [5.74, 6) is 0.211. The number of aliphatic hydroxyl groups is 1. The van der Waals surface area contributed by atoms with Gasteiger partial charge in [0.15, 0.2) is 5.75 Å². The van der Waals surface area contributed by atoms with Crippen molar-refractivity contribution in [3.8, 4) is 5.75 Å². The van der Waals surface area contributed by atoms with Crippen molar-refractivity contribution in [1.29, 1.82) is 0 Å². The fraction of sp³-hybridized carbons (Fsp3) is 0.222. The first kappa shape index (κ1) is 10.5. The molecule has 0 amide bonds. The molecule has 0 atom stereocenters. The van der Waals surface area contributed by atoms with Crippen LogP contribution >= 0.6 is 0 Å². The summed E-state index contributed by atoms with van der Waals surface area (Å²) in [5.41, 5.74) is 0.231. The van der Waals surface area contributed by atoms with Crippen molar-refractivity contribution in [2.45, 2.75) is 6.92 Å². The second-order valence-electron chi connectivity index (χ2n) is 2.55. The van der Waals surface area contributed by atoms with Gasteiger partial charge < -0.3 is 9.84 Å². The Labute approximate surface area is 81.1 Å². The van der Waals surface area contributed by atoms with E-state index in [-0.39, 0.29) is 11.4 Å². The first-order chi connectivity index (χ1) is 6.69. The number of nitrogens with zero attached hydrogens (tertiary/aromatic N) is 1. The number of ether oxygens (including phenoxy) is 1. The van der Waals surface area contributed by atoms with E-state index < -0.39 is 4.92 Å². The Balaban J connectivity index is 3.10. The molecule has 14 heavy (non-hydrogen) atoms. The Bertz CT molecular complexity index is 338. The van der Waals surface area contributed by atoms with Gasteiger partial charge in [-0.3, -0.25) is 10.1 Å². The molecule has 75 valence electrons. The lowest BCUT2D eigenvalue weighted by molar-refractivity contribution is -0.385. The van der Waals surface area contributed by atoms with Gasteiger partial charge >= 0.3 is 5.69 Å². The van der Waals surface area contributed by atoms with Crippen LogP contribution in [0.25, 0.3) is 0 Å². The van der Waals surface area contributed by atoms with Crippen LogP contribution in [0.4, 0.5) is 5.69 Å². The van der Waals surface area contributed by atoms with Gasteiger partial charge in [0.1, 0.15) is 6.61 Å². The number of aliphatic hydroxyl groups excluding tert-OH is 1. The van der Waals surface area contributed by atoms with Crippen molar-refractivity contribution in [1.82, 2.24) is 0 Å². The minimum Gasteiger partial charge on any atom is -0.487 e. The molecule has 0 fully saturated rings. The van der Waals surface area contributed by atoms with Crippen LogP contribution in [0.2, 0.25) is 0 Å². The first-order valence-corrected chi connectivity index (χ1v) is 4.07. The molecule has 1 aromatic carbocycles. The van der Waals surface area contributed by atoms with Crippen molar-refractivity contribution in [3.05, 3.63) is 40.5 Å². The lowest BCUT2D eigenvalue weighted by Crippen LogP contribution is -1.98. The van der Waals surface area contributed by atoms with Crippen molar-refractivity contribution >= 4 is 5.69 Å². The molecule has 1 radical (unpaired) electrons. The summed E-state index contributed by atoms with van der Waals surface area (Å²) in [6.45, 7) is 2.92. The number of nitro groups is 1. The smallest absolute Gasteiger partial charge is 0.311 e. The molecule has 5 heteroatoms. The summed E-state index contributed by atoms with van der Waals surface area (Å²) in [6, 6.07) is 4.26. The number of rotatable bonds is 4. The average Bonchev–Trinajstić information content (AvgIpc) is 2.18. The third-order valence-corrected chi connectivity index (χ3v) is 1.63. The van der Waals surface area contributed by atoms with E-state index in [9.17, 15) is 10.1 Å². The highest BCUT2D eigenvalue weighted by Crippen LogP contribution is 2.28. The van der Waals surface area contributed by atoms with Gasteiger partial charge in [0.2, 0.25) is 0 Å². The van der Waals surface area contributed by atoms with Gasteiger partial charge in [-0.05, 0) is 18.6 Å². The highest BCUT2D eigenvalue weighted by atomic mass is 16.6. The maximum absolute atomic E-state index is 10.6. The molecule has 0 bridgehead atoms. The van der Waals surface area contributed by atoms with Crippen molar-refractivity contribution in [2.75, 3.05) is 6.61 Å². The van der Waals surface area contributed by atoms with Gasteiger partial charge in [0.05, 0.1) is 11.5 Å². The Morgan fingerprint density at radius 1 is 1.64 bits per heavy atom. The molecule has 1 aromatic rings. The standard InChI is InChI=1S/C9H10NO4/c1-2-14-9-4-3-7(6-11)5-8(9)10(12)13/h3-6,11H,2H2,1H3. The SMILES string of the molecule is CCOc1ccc([CH]O)cc1[N+](=O)[O-]. The second kappa shape index (κ2) is 4.57. The monoisotopic (exact) mass is 196 g/mol. The molecule has 0 aromatic heterocycles. The van der Waals surface area contributed by atoms with E-state index in [1.165, 1.54) is 18.2 Å². The van der Waals surface area contributed by atoms with Crippen molar-refractivity contribution in [2.24, 2.45) is 0 Å². The van der Waals surface area contributed by atoms with Gasteiger partial charge in [0.25, 0.3) is 0 Å². The van der Waals surface area contributed by atoms with Crippen LogP contribution in [0.5, 0.6) is 5.75 Å². The highest BCUT2D eigenvalue weighted by Gasteiger charge is 2.15. The zero-order valence-corrected chi connectivity index (χ0v) is 7.64. The molecule has 0 aliphatic carbocycles. The Morgan fingerprint density at radius 3 is 2.86 bits per heavy atom. The van der Waals surface area contributed by atoms with Gasteiger partial charge in [0, 0.05) is 6.07 Å². The summed E-state index contributed by atoms with van der Waals surface area (Å²) in [6.07, 6.45) is 0. The molecule has 1 rings (SSSR count). The normalized spacial score (nSPS) is 9.86. The van der Waals surface area contributed by atoms with Crippen LogP contribution in [-0.2, 0) is 0 Å². The molecule has 0 aliphatic heterocycles. The van der Waals surface area contributed by atoms with Crippen LogP contribution in [0, 0.1) is 16.7 Å². The quantitative estimate of drug-likeness (QED) is 0.589. The van der Waals surface area contributed by atoms with Gasteiger partial charge in [-0.2, -0.15) is 0 Å². The number of benzene rings is 1. The van der Waals surface area contributed by atoms with Gasteiger partial charge in [-0.15, -0.1) is 0 Å².